The number of unbranched alkanes of at least 4 members (excludes halogenated alkanes) is 5. The van der Waals surface area contributed by atoms with Crippen molar-refractivity contribution in [2.75, 3.05) is 31.3 Å². The number of diazo groups is 1. The molecule has 0 spiro atoms. The van der Waals surface area contributed by atoms with Crippen molar-refractivity contribution in [2.45, 2.75) is 51.7 Å². The standard InChI is InChI=1S/C18H28N3O2/c1-2-3-4-5-6-9-13-23-18-15-22-14-12-21(18)17-11-8-7-10-16(17)20-19/h7-8,10-11,18H,2-6,9,12-15H2,1H3/q+1. The topological polar surface area (TPSA) is 49.9 Å². The third-order valence-electron chi connectivity index (χ3n) is 4.19. The van der Waals surface area contributed by atoms with Crippen LogP contribution in [0.3, 0.4) is 0 Å². The number of hydrogen-bond acceptors (Lipinski definition) is 4. The predicted octanol–water partition coefficient (Wildman–Crippen LogP) is 4.71. The van der Waals surface area contributed by atoms with E-state index >= 15 is 0 Å². The van der Waals surface area contributed by atoms with Gasteiger partial charge in [-0.15, -0.1) is 0 Å². The van der Waals surface area contributed by atoms with Gasteiger partial charge in [-0.05, 0) is 12.5 Å². The van der Waals surface area contributed by atoms with Crippen molar-refractivity contribution >= 4 is 11.4 Å². The van der Waals surface area contributed by atoms with Crippen LogP contribution in [0.25, 0.3) is 4.98 Å². The number of anilines is 1. The van der Waals surface area contributed by atoms with Crippen molar-refractivity contribution in [3.63, 3.8) is 0 Å². The fourth-order valence-electron chi connectivity index (χ4n) is 2.89. The summed E-state index contributed by atoms with van der Waals surface area (Å²) in [6, 6.07) is 7.58. The third-order valence-corrected chi connectivity index (χ3v) is 4.19. The molecular weight excluding hydrogens is 290 g/mol. The van der Waals surface area contributed by atoms with Crippen LogP contribution in [0.5, 0.6) is 0 Å². The molecule has 1 fully saturated rings. The molecule has 0 bridgehead atoms. The zero-order chi connectivity index (χ0) is 16.3. The molecule has 1 atom stereocenters. The van der Waals surface area contributed by atoms with Crippen LogP contribution in [-0.2, 0) is 9.47 Å². The fraction of sp³-hybridized carbons (Fsp3) is 0.667. The molecule has 0 amide bonds. The SMILES string of the molecule is CCCCCCCCOC1COCCN1c1ccccc1[N+]#N. The first kappa shape index (κ1) is 17.7. The Hall–Kier alpha value is -1.64. The first-order valence-corrected chi connectivity index (χ1v) is 8.77. The molecule has 1 aromatic rings. The number of nitrogens with zero attached hydrogens (tertiary/aromatic N) is 3. The molecule has 0 aromatic heterocycles. The summed E-state index contributed by atoms with van der Waals surface area (Å²) in [6.07, 6.45) is 7.40. The molecule has 0 N–H and O–H groups in total. The molecule has 0 aliphatic carbocycles. The first-order chi connectivity index (χ1) is 11.4. The highest BCUT2D eigenvalue weighted by Crippen LogP contribution is 2.31. The van der Waals surface area contributed by atoms with Crippen LogP contribution in [0, 0.1) is 5.39 Å². The lowest BCUT2D eigenvalue weighted by Crippen LogP contribution is -2.47. The maximum absolute atomic E-state index is 9.18. The molecule has 2 rings (SSSR count). The van der Waals surface area contributed by atoms with Gasteiger partial charge in [-0.3, -0.25) is 0 Å². The van der Waals surface area contributed by atoms with Gasteiger partial charge in [0.25, 0.3) is 0 Å². The third kappa shape index (κ3) is 5.49. The molecular formula is C18H28N3O2+. The minimum Gasteiger partial charge on any atom is -0.375 e. The average molecular weight is 318 g/mol. The highest BCUT2D eigenvalue weighted by Gasteiger charge is 2.29. The minimum atomic E-state index is -0.109. The maximum Gasteiger partial charge on any atom is 0.408 e. The zero-order valence-electron chi connectivity index (χ0n) is 14.1. The van der Waals surface area contributed by atoms with Crippen molar-refractivity contribution < 1.29 is 9.47 Å². The monoisotopic (exact) mass is 318 g/mol. The fourth-order valence-corrected chi connectivity index (χ4v) is 2.89. The lowest BCUT2D eigenvalue weighted by Gasteiger charge is -2.35. The largest absolute Gasteiger partial charge is 0.408 e. The van der Waals surface area contributed by atoms with E-state index in [0.717, 1.165) is 25.3 Å². The van der Waals surface area contributed by atoms with Crippen LogP contribution in [0.1, 0.15) is 45.4 Å². The smallest absolute Gasteiger partial charge is 0.375 e. The summed E-state index contributed by atoms with van der Waals surface area (Å²) < 4.78 is 11.6. The number of morpholine rings is 1. The van der Waals surface area contributed by atoms with Gasteiger partial charge in [-0.25, -0.2) is 0 Å². The number of hydrogen-bond donors (Lipinski definition) is 0. The molecule has 23 heavy (non-hydrogen) atoms. The van der Waals surface area contributed by atoms with Gasteiger partial charge in [0, 0.05) is 19.2 Å². The Morgan fingerprint density at radius 2 is 2.00 bits per heavy atom. The van der Waals surface area contributed by atoms with Crippen LogP contribution < -0.4 is 4.90 Å². The quantitative estimate of drug-likeness (QED) is 0.488. The number of para-hydroxylation sites is 1. The Kier molecular flexibility index (Phi) is 7.85. The lowest BCUT2D eigenvalue weighted by molar-refractivity contribution is -0.0414. The Bertz CT molecular complexity index is 501. The molecule has 1 aliphatic heterocycles. The van der Waals surface area contributed by atoms with Gasteiger partial charge in [0.1, 0.15) is 5.69 Å². The molecule has 1 aliphatic rings. The van der Waals surface area contributed by atoms with Gasteiger partial charge in [-0.2, -0.15) is 0 Å². The Balaban J connectivity index is 1.83. The summed E-state index contributed by atoms with van der Waals surface area (Å²) in [4.78, 5) is 5.51. The van der Waals surface area contributed by atoms with E-state index in [0.29, 0.717) is 18.9 Å². The van der Waals surface area contributed by atoms with Crippen LogP contribution >= 0.6 is 0 Å². The van der Waals surface area contributed by atoms with E-state index in [1.807, 2.05) is 18.2 Å². The van der Waals surface area contributed by atoms with Crippen molar-refractivity contribution in [2.24, 2.45) is 0 Å². The van der Waals surface area contributed by atoms with Crippen LogP contribution in [0.15, 0.2) is 24.3 Å². The summed E-state index contributed by atoms with van der Waals surface area (Å²) in [7, 11) is 0. The van der Waals surface area contributed by atoms with Crippen LogP contribution in [0.4, 0.5) is 11.4 Å². The van der Waals surface area contributed by atoms with Crippen LogP contribution in [0.2, 0.25) is 0 Å². The van der Waals surface area contributed by atoms with E-state index in [1.165, 1.54) is 32.1 Å². The Morgan fingerprint density at radius 1 is 1.22 bits per heavy atom. The van der Waals surface area contributed by atoms with Gasteiger partial charge in [0.15, 0.2) is 11.2 Å². The molecule has 5 nitrogen and oxygen atoms in total. The average Bonchev–Trinajstić information content (AvgIpc) is 2.61. The summed E-state index contributed by atoms with van der Waals surface area (Å²) >= 11 is 0. The van der Waals surface area contributed by atoms with E-state index in [9.17, 15) is 5.39 Å². The van der Waals surface area contributed by atoms with E-state index < -0.39 is 0 Å². The highest BCUT2D eigenvalue weighted by atomic mass is 16.5. The number of rotatable bonds is 9. The van der Waals surface area contributed by atoms with Gasteiger partial charge < -0.3 is 14.4 Å². The van der Waals surface area contributed by atoms with Crippen molar-refractivity contribution in [3.8, 4) is 0 Å². The van der Waals surface area contributed by atoms with Crippen molar-refractivity contribution in [1.29, 1.82) is 5.39 Å². The number of ether oxygens (including phenoxy) is 2. The molecule has 0 radical (unpaired) electrons. The molecule has 1 aromatic carbocycles. The van der Waals surface area contributed by atoms with E-state index in [4.69, 9.17) is 9.47 Å². The van der Waals surface area contributed by atoms with Gasteiger partial charge >= 0.3 is 5.69 Å². The second-order valence-corrected chi connectivity index (χ2v) is 5.95. The molecule has 5 heteroatoms. The highest BCUT2D eigenvalue weighted by molar-refractivity contribution is 5.70. The van der Waals surface area contributed by atoms with E-state index in [-0.39, 0.29) is 6.23 Å². The van der Waals surface area contributed by atoms with Gasteiger partial charge in [-0.1, -0.05) is 51.2 Å². The zero-order valence-corrected chi connectivity index (χ0v) is 14.1. The second-order valence-electron chi connectivity index (χ2n) is 5.95. The second kappa shape index (κ2) is 10.2. The van der Waals surface area contributed by atoms with Gasteiger partial charge in [0.05, 0.1) is 13.2 Å². The van der Waals surface area contributed by atoms with Crippen molar-refractivity contribution in [1.82, 2.24) is 0 Å². The summed E-state index contributed by atoms with van der Waals surface area (Å²) in [6.45, 7) is 4.94. The van der Waals surface area contributed by atoms with Crippen molar-refractivity contribution in [3.05, 3.63) is 29.2 Å². The predicted molar refractivity (Wildman–Crippen MR) is 92.5 cm³/mol. The molecule has 1 heterocycles. The Morgan fingerprint density at radius 3 is 2.83 bits per heavy atom. The van der Waals surface area contributed by atoms with Crippen LogP contribution in [-0.4, -0.2) is 32.6 Å². The van der Waals surface area contributed by atoms with E-state index in [2.05, 4.69) is 16.8 Å². The maximum atomic E-state index is 9.18. The minimum absolute atomic E-state index is 0.109. The first-order valence-electron chi connectivity index (χ1n) is 8.77. The summed E-state index contributed by atoms with van der Waals surface area (Å²) in [5, 5.41) is 9.18. The van der Waals surface area contributed by atoms with Gasteiger partial charge in [0.2, 0.25) is 5.39 Å². The molecule has 0 saturated carbocycles. The molecule has 1 unspecified atom stereocenters. The normalized spacial score (nSPS) is 17.9. The Labute approximate surface area is 139 Å². The summed E-state index contributed by atoms with van der Waals surface area (Å²) in [5.41, 5.74) is 1.47. The lowest BCUT2D eigenvalue weighted by atomic mass is 10.1. The molecule has 126 valence electrons. The summed E-state index contributed by atoms with van der Waals surface area (Å²) in [5.74, 6) is 0. The number of benzene rings is 1. The van der Waals surface area contributed by atoms with E-state index in [1.54, 1.807) is 6.07 Å². The molecule has 1 saturated heterocycles.